The van der Waals surface area contributed by atoms with Gasteiger partial charge >= 0.3 is 0 Å². The topological polar surface area (TPSA) is 74.1 Å². The maximum Gasteiger partial charge on any atom is 0.264 e. The zero-order chi connectivity index (χ0) is 15.5. The van der Waals surface area contributed by atoms with E-state index >= 15 is 0 Å². The molecule has 2 rings (SSSR count). The number of hydrogen-bond acceptors (Lipinski definition) is 4. The third kappa shape index (κ3) is 3.74. The van der Waals surface area contributed by atoms with Crippen molar-refractivity contribution in [1.82, 2.24) is 9.73 Å². The smallest absolute Gasteiger partial charge is 0.254 e. The number of benzene rings is 1. The van der Waals surface area contributed by atoms with E-state index in [2.05, 4.69) is 21.7 Å². The van der Waals surface area contributed by atoms with Gasteiger partial charge in [-0.15, -0.1) is 0 Å². The molecular weight excluding hydrogens is 312 g/mol. The lowest BCUT2D eigenvalue weighted by atomic mass is 10.1. The third-order valence-electron chi connectivity index (χ3n) is 3.14. The van der Waals surface area contributed by atoms with Crippen molar-refractivity contribution >= 4 is 33.8 Å². The molecule has 0 saturated carbocycles. The Kier molecular flexibility index (Phi) is 4.84. The molecule has 1 aliphatic heterocycles. The second kappa shape index (κ2) is 6.44. The predicted octanol–water partition coefficient (Wildman–Crippen LogP) is 1.93. The van der Waals surface area contributed by atoms with Crippen LogP contribution in [0.5, 0.6) is 0 Å². The second-order valence-corrected chi connectivity index (χ2v) is 6.74. The summed E-state index contributed by atoms with van der Waals surface area (Å²) in [6, 6.07) is 6.07. The van der Waals surface area contributed by atoms with E-state index in [0.29, 0.717) is 17.5 Å². The van der Waals surface area contributed by atoms with Gasteiger partial charge in [0, 0.05) is 24.2 Å². The van der Waals surface area contributed by atoms with Crippen molar-refractivity contribution in [2.45, 2.75) is 18.2 Å². The van der Waals surface area contributed by atoms with Gasteiger partial charge in [-0.1, -0.05) is 24.6 Å². The summed E-state index contributed by atoms with van der Waals surface area (Å²) in [5.74, 6) is 0.500. The van der Waals surface area contributed by atoms with Crippen molar-refractivity contribution in [3.63, 3.8) is 0 Å². The first-order valence-corrected chi connectivity index (χ1v) is 8.39. The van der Waals surface area contributed by atoms with Gasteiger partial charge in [0.2, 0.25) is 5.96 Å². The van der Waals surface area contributed by atoms with Crippen LogP contribution in [-0.4, -0.2) is 39.2 Å². The van der Waals surface area contributed by atoms with Gasteiger partial charge in [-0.3, -0.25) is 4.99 Å². The molecule has 1 heterocycles. The number of guanidine groups is 1. The van der Waals surface area contributed by atoms with E-state index in [-0.39, 0.29) is 10.9 Å². The molecule has 0 amide bonds. The zero-order valence-electron chi connectivity index (χ0n) is 11.8. The average molecular weight is 329 g/mol. The lowest BCUT2D eigenvalue weighted by Gasteiger charge is -2.18. The Morgan fingerprint density at radius 3 is 2.90 bits per heavy atom. The monoisotopic (exact) mass is 328 g/mol. The summed E-state index contributed by atoms with van der Waals surface area (Å²) >= 11 is 5.83. The van der Waals surface area contributed by atoms with Crippen LogP contribution in [0.4, 0.5) is 0 Å². The molecule has 6 nitrogen and oxygen atoms in total. The molecule has 1 aromatic rings. The Balaban J connectivity index is 2.17. The highest BCUT2D eigenvalue weighted by Crippen LogP contribution is 2.16. The van der Waals surface area contributed by atoms with Crippen molar-refractivity contribution < 1.29 is 8.42 Å². The number of aliphatic imine (C=N–C) groups is 1. The highest BCUT2D eigenvalue weighted by Gasteiger charge is 2.24. The molecule has 114 valence electrons. The minimum atomic E-state index is -3.74. The van der Waals surface area contributed by atoms with E-state index < -0.39 is 10.0 Å². The SMILES string of the molecule is CCC1C=NN(C(=NC)NS(=O)(=O)c2cccc(Cl)c2)C1. The molecule has 1 atom stereocenters. The van der Waals surface area contributed by atoms with Crippen LogP contribution in [0.25, 0.3) is 0 Å². The van der Waals surface area contributed by atoms with Crippen molar-refractivity contribution in [1.29, 1.82) is 0 Å². The minimum Gasteiger partial charge on any atom is -0.254 e. The van der Waals surface area contributed by atoms with E-state index in [9.17, 15) is 8.42 Å². The molecule has 1 unspecified atom stereocenters. The van der Waals surface area contributed by atoms with Crippen LogP contribution in [0.1, 0.15) is 13.3 Å². The van der Waals surface area contributed by atoms with Gasteiger partial charge in [-0.05, 0) is 24.6 Å². The van der Waals surface area contributed by atoms with Crippen LogP contribution in [-0.2, 0) is 10.0 Å². The number of hydrogen-bond donors (Lipinski definition) is 1. The van der Waals surface area contributed by atoms with Crippen LogP contribution in [0.2, 0.25) is 5.02 Å². The van der Waals surface area contributed by atoms with Crippen molar-refractivity contribution in [2.75, 3.05) is 13.6 Å². The maximum atomic E-state index is 12.3. The Hall–Kier alpha value is -1.60. The minimum absolute atomic E-state index is 0.0892. The summed E-state index contributed by atoms with van der Waals surface area (Å²) in [6.45, 7) is 2.67. The molecule has 0 aromatic heterocycles. The third-order valence-corrected chi connectivity index (χ3v) is 4.70. The van der Waals surface area contributed by atoms with Gasteiger partial charge in [-0.2, -0.15) is 5.10 Å². The van der Waals surface area contributed by atoms with Crippen molar-refractivity contribution in [3.05, 3.63) is 29.3 Å². The summed E-state index contributed by atoms with van der Waals surface area (Å²) in [5.41, 5.74) is 0. The first-order valence-electron chi connectivity index (χ1n) is 6.53. The van der Waals surface area contributed by atoms with Crippen LogP contribution in [0, 0.1) is 5.92 Å². The van der Waals surface area contributed by atoms with E-state index in [0.717, 1.165) is 6.42 Å². The van der Waals surface area contributed by atoms with Crippen LogP contribution >= 0.6 is 11.6 Å². The second-order valence-electron chi connectivity index (χ2n) is 4.63. The lowest BCUT2D eigenvalue weighted by molar-refractivity contribution is 0.430. The Bertz CT molecular complexity index is 673. The van der Waals surface area contributed by atoms with Gasteiger partial charge in [0.15, 0.2) is 0 Å². The van der Waals surface area contributed by atoms with Crippen molar-refractivity contribution in [2.24, 2.45) is 16.0 Å². The highest BCUT2D eigenvalue weighted by atomic mass is 35.5. The predicted molar refractivity (Wildman–Crippen MR) is 84.1 cm³/mol. The largest absolute Gasteiger partial charge is 0.264 e. The Morgan fingerprint density at radius 1 is 1.57 bits per heavy atom. The van der Waals surface area contributed by atoms with Crippen molar-refractivity contribution in [3.8, 4) is 0 Å². The molecule has 1 aliphatic rings. The summed E-state index contributed by atoms with van der Waals surface area (Å²) in [5, 5.41) is 6.09. The summed E-state index contributed by atoms with van der Waals surface area (Å²) < 4.78 is 27.1. The number of hydrazone groups is 1. The van der Waals surface area contributed by atoms with Crippen LogP contribution in [0.15, 0.2) is 39.3 Å². The highest BCUT2D eigenvalue weighted by molar-refractivity contribution is 7.90. The molecule has 0 spiro atoms. The number of nitrogens with zero attached hydrogens (tertiary/aromatic N) is 3. The maximum absolute atomic E-state index is 12.3. The van der Waals surface area contributed by atoms with Gasteiger partial charge in [-0.25, -0.2) is 18.1 Å². The fraction of sp³-hybridized carbons (Fsp3) is 0.385. The molecule has 0 saturated heterocycles. The Labute approximate surface area is 129 Å². The number of rotatable bonds is 3. The standard InChI is InChI=1S/C13H17ClN4O2S/c1-3-10-8-16-18(9-10)13(15-2)17-21(19,20)12-6-4-5-11(14)7-12/h4-8,10H,3,9H2,1-2H3,(H,15,17). The van der Waals surface area contributed by atoms with Gasteiger partial charge in [0.05, 0.1) is 11.4 Å². The van der Waals surface area contributed by atoms with Gasteiger partial charge in [0.1, 0.15) is 0 Å². The lowest BCUT2D eigenvalue weighted by Crippen LogP contribution is -2.41. The average Bonchev–Trinajstić information content (AvgIpc) is 2.93. The van der Waals surface area contributed by atoms with Gasteiger partial charge < -0.3 is 0 Å². The molecule has 8 heteroatoms. The van der Waals surface area contributed by atoms with Crippen LogP contribution in [0.3, 0.4) is 0 Å². The molecular formula is C13H17ClN4O2S. The molecule has 21 heavy (non-hydrogen) atoms. The van der Waals surface area contributed by atoms with E-state index in [1.165, 1.54) is 19.2 Å². The van der Waals surface area contributed by atoms with E-state index in [1.54, 1.807) is 23.4 Å². The van der Waals surface area contributed by atoms with E-state index in [4.69, 9.17) is 11.6 Å². The fourth-order valence-corrected chi connectivity index (χ4v) is 3.24. The fourth-order valence-electron chi connectivity index (χ4n) is 1.89. The first kappa shape index (κ1) is 15.8. The summed E-state index contributed by atoms with van der Waals surface area (Å²) in [7, 11) is -2.22. The summed E-state index contributed by atoms with van der Waals surface area (Å²) in [4.78, 5) is 4.07. The molecule has 0 aliphatic carbocycles. The normalized spacial score (nSPS) is 19.1. The molecule has 1 aromatic carbocycles. The summed E-state index contributed by atoms with van der Waals surface area (Å²) in [6.07, 6.45) is 2.75. The van der Waals surface area contributed by atoms with Gasteiger partial charge in [0.25, 0.3) is 10.0 Å². The van der Waals surface area contributed by atoms with E-state index in [1.807, 2.05) is 0 Å². The zero-order valence-corrected chi connectivity index (χ0v) is 13.4. The number of halogens is 1. The van der Waals surface area contributed by atoms with Crippen LogP contribution < -0.4 is 4.72 Å². The molecule has 1 N–H and O–H groups in total. The first-order chi connectivity index (χ1) is 9.96. The number of nitrogens with one attached hydrogen (secondary N) is 1. The molecule has 0 bridgehead atoms. The quantitative estimate of drug-likeness (QED) is 0.680. The molecule has 0 radical (unpaired) electrons. The molecule has 0 fully saturated rings. The number of sulfonamides is 1. The Morgan fingerprint density at radius 2 is 2.33 bits per heavy atom.